The van der Waals surface area contributed by atoms with Gasteiger partial charge in [0.2, 0.25) is 0 Å². The first-order chi connectivity index (χ1) is 16.5. The molecule has 5 rings (SSSR count). The van der Waals surface area contributed by atoms with E-state index >= 15 is 0 Å². The van der Waals surface area contributed by atoms with Crippen molar-refractivity contribution in [1.29, 1.82) is 5.26 Å². The average molecular weight is 460 g/mol. The molecule has 1 fully saturated rings. The van der Waals surface area contributed by atoms with Gasteiger partial charge >= 0.3 is 5.97 Å². The SMILES string of the molecule is N#CCOc1ccc2c(-c3nc4c(N)ncnc4n(C4CCC(C(=O)O)CC4)c3=O)coc2c1. The molecule has 1 aromatic carbocycles. The second-order valence-electron chi connectivity index (χ2n) is 8.16. The molecular weight excluding hydrogens is 440 g/mol. The van der Waals surface area contributed by atoms with Gasteiger partial charge in [0.05, 0.1) is 11.5 Å². The van der Waals surface area contributed by atoms with E-state index in [1.807, 2.05) is 6.07 Å². The molecule has 1 aliphatic rings. The number of anilines is 1. The molecule has 3 heterocycles. The number of nitriles is 1. The number of aliphatic carboxylic acids is 1. The van der Waals surface area contributed by atoms with Crippen molar-refractivity contribution in [2.45, 2.75) is 31.7 Å². The lowest BCUT2D eigenvalue weighted by Gasteiger charge is -2.28. The number of nitrogen functional groups attached to an aromatic ring is 1. The van der Waals surface area contributed by atoms with Crippen molar-refractivity contribution in [3.05, 3.63) is 41.1 Å². The fourth-order valence-electron chi connectivity index (χ4n) is 4.53. The minimum Gasteiger partial charge on any atom is -0.481 e. The summed E-state index contributed by atoms with van der Waals surface area (Å²) in [6, 6.07) is 6.72. The summed E-state index contributed by atoms with van der Waals surface area (Å²) < 4.78 is 12.6. The van der Waals surface area contributed by atoms with Gasteiger partial charge in [-0.1, -0.05) is 0 Å². The van der Waals surface area contributed by atoms with Crippen molar-refractivity contribution < 1.29 is 19.1 Å². The van der Waals surface area contributed by atoms with E-state index in [9.17, 15) is 14.7 Å². The van der Waals surface area contributed by atoms with Crippen LogP contribution < -0.4 is 16.0 Å². The molecule has 11 nitrogen and oxygen atoms in total. The number of hydrogen-bond donors (Lipinski definition) is 2. The molecular formula is C23H20N6O5. The predicted octanol–water partition coefficient (Wildman–Crippen LogP) is 2.90. The molecule has 0 atom stereocenters. The van der Waals surface area contributed by atoms with Crippen molar-refractivity contribution >= 4 is 33.9 Å². The zero-order valence-electron chi connectivity index (χ0n) is 18.0. The minimum absolute atomic E-state index is 0.0978. The lowest BCUT2D eigenvalue weighted by atomic mass is 9.86. The molecule has 11 heteroatoms. The number of furan rings is 1. The Labute approximate surface area is 192 Å². The lowest BCUT2D eigenvalue weighted by Crippen LogP contribution is -2.32. The van der Waals surface area contributed by atoms with Crippen molar-refractivity contribution in [2.75, 3.05) is 12.3 Å². The molecule has 3 N–H and O–H groups in total. The van der Waals surface area contributed by atoms with E-state index in [1.165, 1.54) is 12.6 Å². The highest BCUT2D eigenvalue weighted by molar-refractivity contribution is 5.95. The second kappa shape index (κ2) is 8.47. The maximum Gasteiger partial charge on any atom is 0.306 e. The van der Waals surface area contributed by atoms with Gasteiger partial charge in [-0.15, -0.1) is 0 Å². The highest BCUT2D eigenvalue weighted by Crippen LogP contribution is 2.35. The van der Waals surface area contributed by atoms with Crippen LogP contribution in [0.15, 0.2) is 40.0 Å². The number of carbonyl (C=O) groups is 1. The van der Waals surface area contributed by atoms with Crippen LogP contribution in [0.5, 0.6) is 5.75 Å². The van der Waals surface area contributed by atoms with E-state index < -0.39 is 11.9 Å². The Hall–Kier alpha value is -4.46. The summed E-state index contributed by atoms with van der Waals surface area (Å²) in [4.78, 5) is 38.0. The highest BCUT2D eigenvalue weighted by Gasteiger charge is 2.30. The van der Waals surface area contributed by atoms with Crippen LogP contribution in [0, 0.1) is 17.2 Å². The molecule has 3 aromatic heterocycles. The molecule has 0 spiro atoms. The number of carboxylic acids is 1. The largest absolute Gasteiger partial charge is 0.481 e. The van der Waals surface area contributed by atoms with Crippen LogP contribution in [0.3, 0.4) is 0 Å². The summed E-state index contributed by atoms with van der Waals surface area (Å²) >= 11 is 0. The minimum atomic E-state index is -0.819. The Morgan fingerprint density at radius 1 is 1.29 bits per heavy atom. The number of nitrogens with two attached hydrogens (primary N) is 1. The molecule has 34 heavy (non-hydrogen) atoms. The number of ether oxygens (including phenoxy) is 1. The quantitative estimate of drug-likeness (QED) is 0.451. The Kier molecular flexibility index (Phi) is 5.33. The van der Waals surface area contributed by atoms with Crippen LogP contribution in [0.1, 0.15) is 31.7 Å². The van der Waals surface area contributed by atoms with Gasteiger partial charge in [-0.2, -0.15) is 5.26 Å². The predicted molar refractivity (Wildman–Crippen MR) is 121 cm³/mol. The summed E-state index contributed by atoms with van der Waals surface area (Å²) in [7, 11) is 0. The Morgan fingerprint density at radius 3 is 2.82 bits per heavy atom. The molecule has 0 radical (unpaired) electrons. The zero-order valence-corrected chi connectivity index (χ0v) is 18.0. The molecule has 1 saturated carbocycles. The lowest BCUT2D eigenvalue weighted by molar-refractivity contribution is -0.143. The number of nitrogens with zero attached hydrogens (tertiary/aromatic N) is 5. The highest BCUT2D eigenvalue weighted by atomic mass is 16.5. The number of carboxylic acid groups (broad SMARTS) is 1. The van der Waals surface area contributed by atoms with E-state index in [0.29, 0.717) is 59.1 Å². The average Bonchev–Trinajstić information content (AvgIpc) is 3.26. The van der Waals surface area contributed by atoms with Crippen molar-refractivity contribution in [3.8, 4) is 23.1 Å². The third kappa shape index (κ3) is 3.59. The first kappa shape index (κ1) is 21.4. The van der Waals surface area contributed by atoms with Gasteiger partial charge < -0.3 is 20.0 Å². The molecule has 0 unspecified atom stereocenters. The van der Waals surface area contributed by atoms with E-state index in [-0.39, 0.29) is 29.7 Å². The van der Waals surface area contributed by atoms with Crippen molar-refractivity contribution in [2.24, 2.45) is 5.92 Å². The molecule has 0 bridgehead atoms. The van der Waals surface area contributed by atoms with Crippen LogP contribution in [0.4, 0.5) is 5.82 Å². The zero-order chi connectivity index (χ0) is 23.8. The monoisotopic (exact) mass is 460 g/mol. The standard InChI is InChI=1S/C23H20N6O5/c24-7-8-33-14-5-6-15-16(10-34-17(15)9-14)18-22(30)29(13-3-1-12(2-4-13)23(31)32)21-19(28-18)20(25)26-11-27-21/h5-6,9-13H,1-4,8H2,(H,31,32)(H2,25,26,27). The number of aromatic nitrogens is 4. The number of rotatable bonds is 5. The van der Waals surface area contributed by atoms with E-state index in [0.717, 1.165) is 0 Å². The summed E-state index contributed by atoms with van der Waals surface area (Å²) in [5.41, 5.74) is 7.43. The Bertz CT molecular complexity index is 1510. The molecule has 0 amide bonds. The normalized spacial score (nSPS) is 18.1. The van der Waals surface area contributed by atoms with Crippen molar-refractivity contribution in [1.82, 2.24) is 19.5 Å². The van der Waals surface area contributed by atoms with Gasteiger partial charge in [-0.05, 0) is 37.8 Å². The number of benzene rings is 1. The van der Waals surface area contributed by atoms with Crippen molar-refractivity contribution in [3.63, 3.8) is 0 Å². The summed E-state index contributed by atoms with van der Waals surface area (Å²) in [5.74, 6) is -0.638. The van der Waals surface area contributed by atoms with Gasteiger partial charge in [0, 0.05) is 17.5 Å². The number of fused-ring (bicyclic) bond motifs is 2. The van der Waals surface area contributed by atoms with Gasteiger partial charge in [0.1, 0.15) is 41.2 Å². The second-order valence-corrected chi connectivity index (χ2v) is 8.16. The van der Waals surface area contributed by atoms with Crippen LogP contribution in [0.25, 0.3) is 33.4 Å². The molecule has 0 aliphatic heterocycles. The summed E-state index contributed by atoms with van der Waals surface area (Å²) in [6.07, 6.45) is 4.70. The van der Waals surface area contributed by atoms with Gasteiger partial charge in [0.15, 0.2) is 18.1 Å². The maximum atomic E-state index is 13.7. The Morgan fingerprint density at radius 2 is 2.09 bits per heavy atom. The molecule has 1 aliphatic carbocycles. The van der Waals surface area contributed by atoms with Gasteiger partial charge in [-0.25, -0.2) is 15.0 Å². The van der Waals surface area contributed by atoms with E-state index in [4.69, 9.17) is 20.1 Å². The Balaban J connectivity index is 1.65. The van der Waals surface area contributed by atoms with Crippen LogP contribution in [0.2, 0.25) is 0 Å². The first-order valence-electron chi connectivity index (χ1n) is 10.7. The first-order valence-corrected chi connectivity index (χ1v) is 10.7. The molecule has 172 valence electrons. The van der Waals surface area contributed by atoms with Crippen LogP contribution in [-0.2, 0) is 4.79 Å². The van der Waals surface area contributed by atoms with Gasteiger partial charge in [0.25, 0.3) is 5.56 Å². The fraction of sp³-hybridized carbons (Fsp3) is 0.304. The molecule has 0 saturated heterocycles. The summed E-state index contributed by atoms with van der Waals surface area (Å²) in [6.45, 7) is -0.0978. The van der Waals surface area contributed by atoms with Crippen LogP contribution in [-0.4, -0.2) is 37.2 Å². The third-order valence-electron chi connectivity index (χ3n) is 6.22. The molecule has 4 aromatic rings. The van der Waals surface area contributed by atoms with E-state index in [1.54, 1.807) is 22.8 Å². The van der Waals surface area contributed by atoms with Gasteiger partial charge in [-0.3, -0.25) is 14.2 Å². The smallest absolute Gasteiger partial charge is 0.306 e. The number of hydrogen-bond acceptors (Lipinski definition) is 9. The van der Waals surface area contributed by atoms with E-state index in [2.05, 4.69) is 15.0 Å². The topological polar surface area (TPSA) is 170 Å². The maximum absolute atomic E-state index is 13.7. The van der Waals surface area contributed by atoms with Crippen LogP contribution >= 0.6 is 0 Å². The summed E-state index contributed by atoms with van der Waals surface area (Å²) in [5, 5.41) is 18.7. The fourth-order valence-corrected chi connectivity index (χ4v) is 4.53. The third-order valence-corrected chi connectivity index (χ3v) is 6.22.